The van der Waals surface area contributed by atoms with E-state index in [1.165, 1.54) is 12.0 Å². The van der Waals surface area contributed by atoms with E-state index in [2.05, 4.69) is 23.9 Å². The maximum Gasteiger partial charge on any atom is 0.251 e. The lowest BCUT2D eigenvalue weighted by Gasteiger charge is -2.18. The van der Waals surface area contributed by atoms with Gasteiger partial charge in [0, 0.05) is 18.2 Å². The highest BCUT2D eigenvalue weighted by Gasteiger charge is 2.16. The first-order valence-corrected chi connectivity index (χ1v) is 11.2. The molecule has 3 N–H and O–H groups in total. The predicted octanol–water partition coefficient (Wildman–Crippen LogP) is 0.438. The maximum atomic E-state index is 12.2. The summed E-state index contributed by atoms with van der Waals surface area (Å²) in [5.74, 6) is 0.116. The molecular formula is C19H34N3O4S+. The van der Waals surface area contributed by atoms with E-state index in [1.54, 1.807) is 24.3 Å². The van der Waals surface area contributed by atoms with Crippen LogP contribution in [0.1, 0.15) is 44.0 Å². The van der Waals surface area contributed by atoms with E-state index < -0.39 is 10.0 Å². The molecule has 154 valence electrons. The van der Waals surface area contributed by atoms with Crippen molar-refractivity contribution in [3.05, 3.63) is 29.8 Å². The molecular weight excluding hydrogens is 366 g/mol. The summed E-state index contributed by atoms with van der Waals surface area (Å²) in [5.41, 5.74) is 0.437. The number of amides is 1. The van der Waals surface area contributed by atoms with Crippen molar-refractivity contribution >= 4 is 15.9 Å². The quantitative estimate of drug-likeness (QED) is 0.448. The number of nitrogens with one attached hydrogen (secondary N) is 3. The van der Waals surface area contributed by atoms with Crippen LogP contribution < -0.4 is 19.7 Å². The first-order valence-electron chi connectivity index (χ1n) is 9.57. The molecule has 7 nitrogen and oxygen atoms in total. The lowest BCUT2D eigenvalue weighted by Crippen LogP contribution is -3.11. The molecule has 8 heteroatoms. The first kappa shape index (κ1) is 23.4. The van der Waals surface area contributed by atoms with Crippen molar-refractivity contribution < 1.29 is 22.8 Å². The number of hydrogen-bond acceptors (Lipinski definition) is 4. The maximum absolute atomic E-state index is 12.2. The largest absolute Gasteiger partial charge is 0.497 e. The fraction of sp³-hybridized carbons (Fsp3) is 0.632. The number of quaternary nitrogens is 1. The third-order valence-electron chi connectivity index (χ3n) is 4.54. The molecule has 27 heavy (non-hydrogen) atoms. The fourth-order valence-corrected chi connectivity index (χ4v) is 4.07. The minimum Gasteiger partial charge on any atom is -0.497 e. The predicted molar refractivity (Wildman–Crippen MR) is 108 cm³/mol. The first-order chi connectivity index (χ1) is 12.8. The van der Waals surface area contributed by atoms with E-state index in [9.17, 15) is 13.2 Å². The van der Waals surface area contributed by atoms with E-state index in [1.807, 2.05) is 6.92 Å². The second kappa shape index (κ2) is 11.9. The Morgan fingerprint density at radius 3 is 2.59 bits per heavy atom. The highest BCUT2D eigenvalue weighted by atomic mass is 32.2. The molecule has 0 saturated carbocycles. The van der Waals surface area contributed by atoms with E-state index in [-0.39, 0.29) is 24.2 Å². The number of carbonyl (C=O) groups excluding carboxylic acids is 1. The number of sulfonamides is 1. The van der Waals surface area contributed by atoms with Crippen LogP contribution >= 0.6 is 0 Å². The number of benzene rings is 1. The van der Waals surface area contributed by atoms with Gasteiger partial charge in [0.25, 0.3) is 5.91 Å². The summed E-state index contributed by atoms with van der Waals surface area (Å²) in [5, 5.41) is 2.64. The molecule has 0 radical (unpaired) electrons. The molecule has 0 bridgehead atoms. The highest BCUT2D eigenvalue weighted by molar-refractivity contribution is 7.89. The SMILES string of the molecule is CC[NH+](CC)CCC[C@@H](C)NS(=O)(=O)CCNC(=O)c1cccc(OC)c1. The molecule has 0 aromatic heterocycles. The van der Waals surface area contributed by atoms with Crippen LogP contribution in [0.4, 0.5) is 0 Å². The third kappa shape index (κ3) is 9.21. The Bertz CT molecular complexity index is 675. The minimum atomic E-state index is -3.43. The zero-order valence-electron chi connectivity index (χ0n) is 16.9. The van der Waals surface area contributed by atoms with Gasteiger partial charge in [-0.1, -0.05) is 6.07 Å². The summed E-state index contributed by atoms with van der Waals surface area (Å²) in [6, 6.07) is 6.62. The van der Waals surface area contributed by atoms with Crippen LogP contribution in [0.15, 0.2) is 24.3 Å². The van der Waals surface area contributed by atoms with Gasteiger partial charge in [-0.05, 0) is 51.8 Å². The van der Waals surface area contributed by atoms with Crippen molar-refractivity contribution in [3.8, 4) is 5.75 Å². The monoisotopic (exact) mass is 400 g/mol. The summed E-state index contributed by atoms with van der Waals surface area (Å²) in [7, 11) is -1.90. The zero-order chi connectivity index (χ0) is 20.3. The smallest absolute Gasteiger partial charge is 0.251 e. The van der Waals surface area contributed by atoms with Gasteiger partial charge >= 0.3 is 0 Å². The van der Waals surface area contributed by atoms with E-state index in [0.29, 0.717) is 11.3 Å². The van der Waals surface area contributed by atoms with Crippen molar-refractivity contribution in [1.82, 2.24) is 10.0 Å². The van der Waals surface area contributed by atoms with Crippen LogP contribution in [0.2, 0.25) is 0 Å². The molecule has 0 fully saturated rings. The summed E-state index contributed by atoms with van der Waals surface area (Å²) in [6.07, 6.45) is 1.78. The molecule has 0 saturated heterocycles. The van der Waals surface area contributed by atoms with Crippen molar-refractivity contribution in [2.45, 2.75) is 39.7 Å². The Labute approximate surface area is 163 Å². The van der Waals surface area contributed by atoms with Gasteiger partial charge in [0.1, 0.15) is 5.75 Å². The van der Waals surface area contributed by atoms with Gasteiger partial charge in [-0.2, -0.15) is 0 Å². The number of ether oxygens (including phenoxy) is 1. The average molecular weight is 401 g/mol. The van der Waals surface area contributed by atoms with Crippen LogP contribution in [0.5, 0.6) is 5.75 Å². The Morgan fingerprint density at radius 2 is 1.96 bits per heavy atom. The van der Waals surface area contributed by atoms with E-state index in [4.69, 9.17) is 4.74 Å². The van der Waals surface area contributed by atoms with Crippen LogP contribution in [-0.2, 0) is 10.0 Å². The number of rotatable bonds is 13. The van der Waals surface area contributed by atoms with Crippen molar-refractivity contribution in [1.29, 1.82) is 0 Å². The summed E-state index contributed by atoms with van der Waals surface area (Å²) < 4.78 is 32.1. The standard InChI is InChI=1S/C19H33N3O4S/c1-5-22(6-2)13-8-9-16(3)21-27(24,25)14-12-20-19(23)17-10-7-11-18(15-17)26-4/h7,10-11,15-16,21H,5-6,8-9,12-14H2,1-4H3,(H,20,23)/p+1/t16-/m1/s1. The molecule has 1 amide bonds. The summed E-state index contributed by atoms with van der Waals surface area (Å²) in [4.78, 5) is 13.6. The van der Waals surface area contributed by atoms with E-state index in [0.717, 1.165) is 32.5 Å². The molecule has 0 aliphatic rings. The Kier molecular flexibility index (Phi) is 10.4. The normalized spacial score (nSPS) is 12.8. The molecule has 0 aliphatic carbocycles. The van der Waals surface area contributed by atoms with Gasteiger partial charge in [-0.25, -0.2) is 13.1 Å². The number of hydrogen-bond donors (Lipinski definition) is 3. The highest BCUT2D eigenvalue weighted by Crippen LogP contribution is 2.12. The number of methoxy groups -OCH3 is 1. The van der Waals surface area contributed by atoms with Gasteiger partial charge in [0.15, 0.2) is 0 Å². The second-order valence-corrected chi connectivity index (χ2v) is 8.55. The Balaban J connectivity index is 2.36. The van der Waals surface area contributed by atoms with Gasteiger partial charge in [0.05, 0.1) is 32.5 Å². The average Bonchev–Trinajstić information content (AvgIpc) is 2.64. The second-order valence-electron chi connectivity index (χ2n) is 6.67. The van der Waals surface area contributed by atoms with E-state index >= 15 is 0 Å². The van der Waals surface area contributed by atoms with Crippen molar-refractivity contribution in [3.63, 3.8) is 0 Å². The topological polar surface area (TPSA) is 88.9 Å². The molecule has 0 heterocycles. The molecule has 0 spiro atoms. The fourth-order valence-electron chi connectivity index (χ4n) is 2.85. The van der Waals surface area contributed by atoms with Gasteiger partial charge in [0.2, 0.25) is 10.0 Å². The van der Waals surface area contributed by atoms with Crippen LogP contribution in [0.25, 0.3) is 0 Å². The number of carbonyl (C=O) groups is 1. The van der Waals surface area contributed by atoms with Gasteiger partial charge in [-0.3, -0.25) is 4.79 Å². The minimum absolute atomic E-state index is 0.0572. The van der Waals surface area contributed by atoms with Crippen LogP contribution in [0.3, 0.4) is 0 Å². The lowest BCUT2D eigenvalue weighted by molar-refractivity contribution is -0.896. The zero-order valence-corrected chi connectivity index (χ0v) is 17.7. The van der Waals surface area contributed by atoms with Gasteiger partial charge in [-0.15, -0.1) is 0 Å². The lowest BCUT2D eigenvalue weighted by atomic mass is 10.2. The van der Waals surface area contributed by atoms with Gasteiger partial charge < -0.3 is 15.0 Å². The molecule has 1 rings (SSSR count). The van der Waals surface area contributed by atoms with Crippen molar-refractivity contribution in [2.24, 2.45) is 0 Å². The van der Waals surface area contributed by atoms with Crippen LogP contribution in [0, 0.1) is 0 Å². The Morgan fingerprint density at radius 1 is 1.26 bits per heavy atom. The molecule has 1 atom stereocenters. The molecule has 0 unspecified atom stereocenters. The Hall–Kier alpha value is -1.64. The van der Waals surface area contributed by atoms with Crippen LogP contribution in [-0.4, -0.2) is 59.4 Å². The summed E-state index contributed by atoms with van der Waals surface area (Å²) in [6.45, 7) is 9.48. The molecule has 1 aromatic carbocycles. The summed E-state index contributed by atoms with van der Waals surface area (Å²) >= 11 is 0. The third-order valence-corrected chi connectivity index (χ3v) is 6.04. The van der Waals surface area contributed by atoms with Crippen molar-refractivity contribution in [2.75, 3.05) is 39.0 Å². The molecule has 1 aromatic rings. The molecule has 0 aliphatic heterocycles.